The van der Waals surface area contributed by atoms with Crippen molar-refractivity contribution >= 4 is 21.4 Å². The summed E-state index contributed by atoms with van der Waals surface area (Å²) < 4.78 is 39.9. The van der Waals surface area contributed by atoms with Crippen LogP contribution in [0.5, 0.6) is 5.75 Å². The molecule has 0 saturated heterocycles. The molecule has 0 aliphatic rings. The Kier molecular flexibility index (Phi) is 4.90. The molecule has 0 bridgehead atoms. The number of hydrogen-bond donors (Lipinski definition) is 0. The van der Waals surface area contributed by atoms with Crippen LogP contribution in [0.15, 0.2) is 39.5 Å². The van der Waals surface area contributed by atoms with Gasteiger partial charge in [0.1, 0.15) is 11.3 Å². The molecule has 84 valence electrons. The SMILES string of the molecule is O=c1ccc2ccc(OS(=O)(=O)[O-])cc2o1.[K+]. The molecule has 8 heteroatoms. The number of rotatable bonds is 2. The average molecular weight is 280 g/mol. The monoisotopic (exact) mass is 280 g/mol. The molecule has 0 aliphatic heterocycles. The standard InChI is InChI=1S/C9H6O6S.K/c10-9-4-2-6-1-3-7(5-8(6)14-9)15-16(11,12)13;/h1-5H,(H,11,12,13);/q;+1/p-1. The molecule has 0 spiro atoms. The zero-order valence-electron chi connectivity index (χ0n) is 8.74. The Morgan fingerprint density at radius 3 is 2.47 bits per heavy atom. The molecule has 0 N–H and O–H groups in total. The Hall–Kier alpha value is -0.224. The smallest absolute Gasteiger partial charge is 0.716 e. The molecular formula is C9H5KO6S. The summed E-state index contributed by atoms with van der Waals surface area (Å²) in [6.07, 6.45) is 0. The molecule has 1 aromatic carbocycles. The van der Waals surface area contributed by atoms with Crippen molar-refractivity contribution < 1.29 is 73.0 Å². The summed E-state index contributed by atoms with van der Waals surface area (Å²) in [4.78, 5) is 10.9. The summed E-state index contributed by atoms with van der Waals surface area (Å²) in [5.74, 6) is -0.197. The Morgan fingerprint density at radius 2 is 1.82 bits per heavy atom. The molecule has 0 fully saturated rings. The van der Waals surface area contributed by atoms with E-state index in [1.807, 2.05) is 0 Å². The van der Waals surface area contributed by atoms with Gasteiger partial charge in [-0.3, -0.25) is 0 Å². The first-order chi connectivity index (χ1) is 7.44. The molecule has 0 aliphatic carbocycles. The van der Waals surface area contributed by atoms with Crippen molar-refractivity contribution in [3.63, 3.8) is 0 Å². The normalized spacial score (nSPS) is 10.9. The van der Waals surface area contributed by atoms with Crippen LogP contribution < -0.4 is 61.2 Å². The predicted octanol–water partition coefficient (Wildman–Crippen LogP) is -2.36. The molecule has 6 nitrogen and oxygen atoms in total. The van der Waals surface area contributed by atoms with Gasteiger partial charge in [0, 0.05) is 17.5 Å². The second-order valence-electron chi connectivity index (χ2n) is 2.95. The van der Waals surface area contributed by atoms with Gasteiger partial charge in [0.15, 0.2) is 0 Å². The fourth-order valence-corrected chi connectivity index (χ4v) is 1.55. The molecule has 1 heterocycles. The number of benzene rings is 1. The third-order valence-electron chi connectivity index (χ3n) is 1.79. The van der Waals surface area contributed by atoms with E-state index in [1.165, 1.54) is 24.3 Å². The van der Waals surface area contributed by atoms with Gasteiger partial charge >= 0.3 is 57.0 Å². The van der Waals surface area contributed by atoms with Gasteiger partial charge in [-0.15, -0.1) is 0 Å². The third kappa shape index (κ3) is 4.18. The first-order valence-electron chi connectivity index (χ1n) is 4.13. The molecule has 2 rings (SSSR count). The van der Waals surface area contributed by atoms with E-state index in [0.717, 1.165) is 6.07 Å². The van der Waals surface area contributed by atoms with Gasteiger partial charge in [0.25, 0.3) is 10.4 Å². The van der Waals surface area contributed by atoms with Crippen molar-refractivity contribution in [2.24, 2.45) is 0 Å². The van der Waals surface area contributed by atoms with Crippen molar-refractivity contribution in [2.75, 3.05) is 0 Å². The van der Waals surface area contributed by atoms with Gasteiger partial charge in [-0.1, -0.05) is 0 Å². The van der Waals surface area contributed by atoms with Crippen LogP contribution in [0.25, 0.3) is 11.0 Å². The van der Waals surface area contributed by atoms with E-state index in [4.69, 9.17) is 4.42 Å². The van der Waals surface area contributed by atoms with Gasteiger partial charge in [-0.05, 0) is 18.2 Å². The van der Waals surface area contributed by atoms with E-state index >= 15 is 0 Å². The summed E-state index contributed by atoms with van der Waals surface area (Å²) in [5.41, 5.74) is -0.428. The van der Waals surface area contributed by atoms with Gasteiger partial charge in [-0.25, -0.2) is 13.2 Å². The number of fused-ring (bicyclic) bond motifs is 1. The summed E-state index contributed by atoms with van der Waals surface area (Å²) in [7, 11) is -4.83. The molecular weight excluding hydrogens is 275 g/mol. The van der Waals surface area contributed by atoms with E-state index in [0.29, 0.717) is 5.39 Å². The van der Waals surface area contributed by atoms with Crippen LogP contribution in [-0.4, -0.2) is 13.0 Å². The Morgan fingerprint density at radius 1 is 1.18 bits per heavy atom. The molecule has 1 aromatic heterocycles. The number of hydrogen-bond acceptors (Lipinski definition) is 6. The van der Waals surface area contributed by atoms with Crippen molar-refractivity contribution in [1.82, 2.24) is 0 Å². The second-order valence-corrected chi connectivity index (χ2v) is 3.93. The molecule has 0 amide bonds. The van der Waals surface area contributed by atoms with Crippen molar-refractivity contribution in [3.8, 4) is 5.75 Å². The molecule has 0 saturated carbocycles. The van der Waals surface area contributed by atoms with E-state index < -0.39 is 16.0 Å². The van der Waals surface area contributed by atoms with Crippen LogP contribution in [0.4, 0.5) is 0 Å². The third-order valence-corrected chi connectivity index (χ3v) is 2.19. The van der Waals surface area contributed by atoms with E-state index in [2.05, 4.69) is 4.18 Å². The largest absolute Gasteiger partial charge is 1.00 e. The van der Waals surface area contributed by atoms with Gasteiger partial charge in [0.2, 0.25) is 0 Å². The van der Waals surface area contributed by atoms with Crippen LogP contribution >= 0.6 is 0 Å². The minimum absolute atomic E-state index is 0. The van der Waals surface area contributed by atoms with E-state index in [9.17, 15) is 17.8 Å². The summed E-state index contributed by atoms with van der Waals surface area (Å²) >= 11 is 0. The zero-order valence-corrected chi connectivity index (χ0v) is 12.7. The van der Waals surface area contributed by atoms with Crippen LogP contribution in [-0.2, 0) is 10.4 Å². The maximum Gasteiger partial charge on any atom is 1.00 e. The first kappa shape index (κ1) is 14.8. The topological polar surface area (TPSA) is 96.6 Å². The Balaban J connectivity index is 0.00000144. The van der Waals surface area contributed by atoms with Crippen LogP contribution in [0.3, 0.4) is 0 Å². The van der Waals surface area contributed by atoms with Crippen molar-refractivity contribution in [2.45, 2.75) is 0 Å². The maximum atomic E-state index is 10.9. The van der Waals surface area contributed by atoms with Gasteiger partial charge in [0.05, 0.1) is 0 Å². The summed E-state index contributed by atoms with van der Waals surface area (Å²) in [5, 5.41) is 0.593. The minimum atomic E-state index is -4.83. The van der Waals surface area contributed by atoms with Crippen molar-refractivity contribution in [3.05, 3.63) is 40.8 Å². The van der Waals surface area contributed by atoms with Gasteiger partial charge in [-0.2, -0.15) is 0 Å². The second kappa shape index (κ2) is 5.61. The van der Waals surface area contributed by atoms with E-state index in [-0.39, 0.29) is 62.7 Å². The van der Waals surface area contributed by atoms with Crippen LogP contribution in [0, 0.1) is 0 Å². The quantitative estimate of drug-likeness (QED) is 0.264. The van der Waals surface area contributed by atoms with Gasteiger partial charge < -0.3 is 13.2 Å². The van der Waals surface area contributed by atoms with Crippen LogP contribution in [0.2, 0.25) is 0 Å². The molecule has 0 atom stereocenters. The molecule has 0 unspecified atom stereocenters. The Bertz CT molecular complexity index is 690. The average Bonchev–Trinajstić information content (AvgIpc) is 2.14. The summed E-state index contributed by atoms with van der Waals surface area (Å²) in [6.45, 7) is 0. The molecule has 17 heavy (non-hydrogen) atoms. The predicted molar refractivity (Wildman–Crippen MR) is 52.8 cm³/mol. The summed E-state index contributed by atoms with van der Waals surface area (Å²) in [6, 6.07) is 6.66. The van der Waals surface area contributed by atoms with Crippen LogP contribution in [0.1, 0.15) is 0 Å². The van der Waals surface area contributed by atoms with Crippen molar-refractivity contribution in [1.29, 1.82) is 0 Å². The first-order valence-corrected chi connectivity index (χ1v) is 5.47. The Labute approximate surface area is 139 Å². The minimum Gasteiger partial charge on any atom is -0.716 e. The van der Waals surface area contributed by atoms with E-state index in [1.54, 1.807) is 0 Å². The fourth-order valence-electron chi connectivity index (χ4n) is 1.21. The zero-order chi connectivity index (χ0) is 11.8. The molecule has 2 aromatic rings. The maximum absolute atomic E-state index is 10.9. The fraction of sp³-hybridized carbons (Fsp3) is 0. The molecule has 0 radical (unpaired) electrons.